The van der Waals surface area contributed by atoms with Crippen molar-refractivity contribution in [2.75, 3.05) is 13.2 Å². The Morgan fingerprint density at radius 2 is 2.10 bits per heavy atom. The van der Waals surface area contributed by atoms with E-state index >= 15 is 4.39 Å². The van der Waals surface area contributed by atoms with E-state index in [9.17, 15) is 20.0 Å². The normalized spacial score (nSPS) is 18.0. The number of aryl methyl sites for hydroxylation is 1. The fourth-order valence-electron chi connectivity index (χ4n) is 5.82. The predicted molar refractivity (Wildman–Crippen MR) is 142 cm³/mol. The molecule has 0 saturated carbocycles. The third-order valence-electron chi connectivity index (χ3n) is 7.76. The van der Waals surface area contributed by atoms with Gasteiger partial charge in [0.05, 0.1) is 35.1 Å². The van der Waals surface area contributed by atoms with Crippen molar-refractivity contribution in [2.45, 2.75) is 44.4 Å². The average molecular weight is 543 g/mol. The van der Waals surface area contributed by atoms with Crippen LogP contribution in [0.15, 0.2) is 42.9 Å². The lowest BCUT2D eigenvalue weighted by atomic mass is 9.87. The number of hydrogen-bond donors (Lipinski definition) is 1. The summed E-state index contributed by atoms with van der Waals surface area (Å²) in [6.45, 7) is 0.757. The Balaban J connectivity index is 1.39. The van der Waals surface area contributed by atoms with Crippen LogP contribution >= 0.6 is 0 Å². The number of nitrogens with zero attached hydrogens (tertiary/aromatic N) is 6. The molecular weight excluding hydrogens is 515 g/mol. The van der Waals surface area contributed by atoms with E-state index in [0.29, 0.717) is 34.4 Å². The lowest BCUT2D eigenvalue weighted by Gasteiger charge is -2.34. The van der Waals surface area contributed by atoms with E-state index in [4.69, 9.17) is 4.74 Å². The summed E-state index contributed by atoms with van der Waals surface area (Å²) in [6, 6.07) is 7.47. The van der Waals surface area contributed by atoms with Gasteiger partial charge in [-0.25, -0.2) is 13.9 Å². The number of amides is 1. The van der Waals surface area contributed by atoms with Crippen molar-refractivity contribution >= 4 is 22.8 Å². The van der Waals surface area contributed by atoms with Crippen LogP contribution in [0.5, 0.6) is 0 Å². The zero-order chi connectivity index (χ0) is 28.0. The number of carbonyl (C=O) groups excluding carboxylic acids is 1. The highest BCUT2D eigenvalue weighted by atomic mass is 19.1. The van der Waals surface area contributed by atoms with Gasteiger partial charge in [0, 0.05) is 43.8 Å². The first kappa shape index (κ1) is 25.7. The van der Waals surface area contributed by atoms with Gasteiger partial charge < -0.3 is 14.7 Å². The van der Waals surface area contributed by atoms with Crippen molar-refractivity contribution in [2.24, 2.45) is 7.05 Å². The van der Waals surface area contributed by atoms with E-state index in [1.54, 1.807) is 47.1 Å². The molecule has 1 N–H and O–H groups in total. The van der Waals surface area contributed by atoms with E-state index in [0.717, 1.165) is 30.2 Å². The van der Waals surface area contributed by atoms with Gasteiger partial charge in [-0.1, -0.05) is 6.07 Å². The average Bonchev–Trinajstić information content (AvgIpc) is 3.57. The minimum absolute atomic E-state index is 0.0511. The molecule has 1 unspecified atom stereocenters. The van der Waals surface area contributed by atoms with E-state index in [2.05, 4.69) is 16.3 Å². The van der Waals surface area contributed by atoms with Crippen LogP contribution in [0, 0.1) is 17.1 Å². The molecule has 4 aromatic rings. The molecule has 40 heavy (non-hydrogen) atoms. The number of aromatic nitrogens is 4. The minimum Gasteiger partial charge on any atom is -0.480 e. The van der Waals surface area contributed by atoms with Gasteiger partial charge in [-0.05, 0) is 60.6 Å². The Hall–Kier alpha value is -4.56. The van der Waals surface area contributed by atoms with Crippen molar-refractivity contribution in [3.63, 3.8) is 0 Å². The lowest BCUT2D eigenvalue weighted by molar-refractivity contribution is -0.142. The van der Waals surface area contributed by atoms with Gasteiger partial charge in [0.25, 0.3) is 5.91 Å². The molecule has 1 amide bonds. The lowest BCUT2D eigenvalue weighted by Crippen LogP contribution is -2.50. The summed E-state index contributed by atoms with van der Waals surface area (Å²) in [5, 5.41) is 29.4. The highest BCUT2D eigenvalue weighted by molar-refractivity contribution is 6.01. The number of carboxylic acids is 1. The van der Waals surface area contributed by atoms with Crippen LogP contribution in [0.4, 0.5) is 4.39 Å². The van der Waals surface area contributed by atoms with Gasteiger partial charge in [-0.15, -0.1) is 0 Å². The number of rotatable bonds is 6. The van der Waals surface area contributed by atoms with Crippen molar-refractivity contribution in [3.05, 3.63) is 70.9 Å². The number of ether oxygens (including phenoxy) is 1. The molecule has 0 spiro atoms. The third-order valence-corrected chi connectivity index (χ3v) is 7.76. The summed E-state index contributed by atoms with van der Waals surface area (Å²) < 4.78 is 24.5. The number of carbonyl (C=O) groups is 2. The largest absolute Gasteiger partial charge is 0.480 e. The van der Waals surface area contributed by atoms with E-state index in [1.807, 2.05) is 6.07 Å². The van der Waals surface area contributed by atoms with Gasteiger partial charge in [-0.3, -0.25) is 9.48 Å². The Labute approximate surface area is 229 Å². The van der Waals surface area contributed by atoms with Gasteiger partial charge >= 0.3 is 5.97 Å². The molecule has 10 nitrogen and oxygen atoms in total. The Morgan fingerprint density at radius 1 is 1.25 bits per heavy atom. The molecule has 2 aromatic carbocycles. The maximum absolute atomic E-state index is 15.2. The maximum Gasteiger partial charge on any atom is 0.326 e. The summed E-state index contributed by atoms with van der Waals surface area (Å²) in [7, 11) is 1.72. The van der Waals surface area contributed by atoms with Crippen molar-refractivity contribution < 1.29 is 23.8 Å². The number of nitriles is 1. The summed E-state index contributed by atoms with van der Waals surface area (Å²) >= 11 is 0. The van der Waals surface area contributed by atoms with Crippen LogP contribution in [-0.2, 0) is 29.4 Å². The number of aliphatic carboxylic acids is 1. The molecule has 2 aliphatic heterocycles. The first-order valence-electron chi connectivity index (χ1n) is 13.2. The predicted octanol–water partition coefficient (Wildman–Crippen LogP) is 3.84. The minimum atomic E-state index is -1.17. The molecule has 2 atom stereocenters. The molecule has 6 rings (SSSR count). The second kappa shape index (κ2) is 10.2. The van der Waals surface area contributed by atoms with Crippen LogP contribution in [0.25, 0.3) is 22.0 Å². The fraction of sp³-hybridized carbons (Fsp3) is 0.345. The molecule has 2 aromatic heterocycles. The second-order valence-corrected chi connectivity index (χ2v) is 10.3. The van der Waals surface area contributed by atoms with Crippen LogP contribution in [0.1, 0.15) is 52.5 Å². The van der Waals surface area contributed by atoms with E-state index in [1.165, 1.54) is 11.0 Å². The van der Waals surface area contributed by atoms with Crippen molar-refractivity contribution in [1.29, 1.82) is 5.26 Å². The van der Waals surface area contributed by atoms with Crippen molar-refractivity contribution in [3.8, 4) is 17.2 Å². The zero-order valence-electron chi connectivity index (χ0n) is 21.9. The first-order valence-corrected chi connectivity index (χ1v) is 13.2. The molecule has 0 bridgehead atoms. The number of halogens is 1. The molecule has 0 aliphatic carbocycles. The summed E-state index contributed by atoms with van der Waals surface area (Å²) in [5.41, 5.74) is 3.25. The van der Waals surface area contributed by atoms with E-state index in [-0.39, 0.29) is 31.2 Å². The quantitative estimate of drug-likeness (QED) is 0.392. The molecule has 1 fully saturated rings. The molecular formula is C29H27FN6O4. The standard InChI is InChI=1S/C29H27FN6O4/c1-34-16-17(14-32-34)10-25(29(38)39)35-8-7-21-20(5-6-23(30)27(21)28(35)37)22-11-19-15-33-36(24(19)12-18(22)13-31)26-4-2-3-9-40-26/h5-6,11-12,14-16,25-26H,2-4,7-10H2,1H3,(H,38,39)/t25-,26?/m1/s1. The first-order chi connectivity index (χ1) is 19.4. The molecule has 4 heterocycles. The third kappa shape index (κ3) is 4.40. The number of fused-ring (bicyclic) bond motifs is 2. The van der Waals surface area contributed by atoms with Gasteiger partial charge in [0.2, 0.25) is 0 Å². The Morgan fingerprint density at radius 3 is 2.80 bits per heavy atom. The molecule has 0 radical (unpaired) electrons. The van der Waals surface area contributed by atoms with Crippen LogP contribution < -0.4 is 0 Å². The Kier molecular flexibility index (Phi) is 6.56. The highest BCUT2D eigenvalue weighted by Crippen LogP contribution is 2.37. The van der Waals surface area contributed by atoms with Gasteiger partial charge in [0.1, 0.15) is 11.9 Å². The monoisotopic (exact) mass is 542 g/mol. The molecule has 2 aliphatic rings. The molecule has 204 valence electrons. The van der Waals surface area contributed by atoms with Gasteiger partial charge in [-0.2, -0.15) is 15.5 Å². The van der Waals surface area contributed by atoms with Gasteiger partial charge in [0.15, 0.2) is 6.23 Å². The number of benzene rings is 2. The number of carboxylic acid groups (broad SMARTS) is 1. The second-order valence-electron chi connectivity index (χ2n) is 10.3. The molecule has 1 saturated heterocycles. The Bertz CT molecular complexity index is 1680. The fourth-order valence-corrected chi connectivity index (χ4v) is 5.82. The smallest absolute Gasteiger partial charge is 0.326 e. The summed E-state index contributed by atoms with van der Waals surface area (Å²) in [5.74, 6) is -2.58. The highest BCUT2D eigenvalue weighted by Gasteiger charge is 2.37. The van der Waals surface area contributed by atoms with Crippen LogP contribution in [-0.4, -0.2) is 60.6 Å². The van der Waals surface area contributed by atoms with E-state index < -0.39 is 23.7 Å². The maximum atomic E-state index is 15.2. The SMILES string of the molecule is Cn1cc(C[C@H](C(=O)O)N2CCc3c(-c4cc5cnn(C6CCCCO6)c5cc4C#N)ccc(F)c3C2=O)cn1. The summed E-state index contributed by atoms with van der Waals surface area (Å²) in [4.78, 5) is 27.0. The number of hydrogen-bond acceptors (Lipinski definition) is 6. The topological polar surface area (TPSA) is 126 Å². The summed E-state index contributed by atoms with van der Waals surface area (Å²) in [6.07, 6.45) is 7.94. The molecule has 11 heteroatoms. The van der Waals surface area contributed by atoms with Crippen molar-refractivity contribution in [1.82, 2.24) is 24.5 Å². The van der Waals surface area contributed by atoms with Crippen LogP contribution in [0.3, 0.4) is 0 Å². The zero-order valence-corrected chi connectivity index (χ0v) is 21.9. The van der Waals surface area contributed by atoms with Crippen LogP contribution in [0.2, 0.25) is 0 Å².